The fourth-order valence-corrected chi connectivity index (χ4v) is 5.05. The number of aliphatic hydroxyl groups is 6. The van der Waals surface area contributed by atoms with Crippen molar-refractivity contribution < 1.29 is 130 Å². The molecule has 16 nitrogen and oxygen atoms in total. The van der Waals surface area contributed by atoms with E-state index >= 15 is 0 Å². The van der Waals surface area contributed by atoms with Gasteiger partial charge < -0.3 is 51.6 Å². The summed E-state index contributed by atoms with van der Waals surface area (Å²) in [5, 5.41) is 57.1. The Labute approximate surface area is 188 Å². The summed E-state index contributed by atoms with van der Waals surface area (Å²) in [4.78, 5) is 34.9. The normalized spacial score (nSPS) is 40.2. The number of hydrogen-bond donors (Lipinski definition) is 10. The molecule has 0 bridgehead atoms. The minimum atomic E-state index is -6.04. The molecule has 0 aliphatic heterocycles. The predicted octanol–water partition coefficient (Wildman–Crippen LogP) is -7.05. The van der Waals surface area contributed by atoms with Crippen LogP contribution in [-0.2, 0) is 26.8 Å². The summed E-state index contributed by atoms with van der Waals surface area (Å²) in [5.41, 5.74) is 0. The van der Waals surface area contributed by atoms with Crippen LogP contribution in [0.2, 0.25) is 0 Å². The third-order valence-electron chi connectivity index (χ3n) is 2.87. The third-order valence-corrected chi connectivity index (χ3v) is 6.72. The van der Waals surface area contributed by atoms with Gasteiger partial charge in [0.2, 0.25) is 5.79 Å². The van der Waals surface area contributed by atoms with Gasteiger partial charge in [0.1, 0.15) is 30.5 Å². The first-order chi connectivity index (χ1) is 10.9. The first-order valence-corrected chi connectivity index (χ1v) is 10.4. The summed E-state index contributed by atoms with van der Waals surface area (Å²) in [6.45, 7) is 0. The van der Waals surface area contributed by atoms with E-state index in [1.807, 2.05) is 0 Å². The molecule has 20 heteroatoms. The average molecular weight is 476 g/mol. The second kappa shape index (κ2) is 9.30. The minimum absolute atomic E-state index is 0. The number of aliphatic hydroxyl groups excluding tert-OH is 5. The Balaban J connectivity index is 0. The molecule has 26 heavy (non-hydrogen) atoms. The van der Waals surface area contributed by atoms with Crippen LogP contribution in [0, 0.1) is 0 Å². The van der Waals surface area contributed by atoms with Crippen molar-refractivity contribution in [3.05, 3.63) is 0 Å². The maximum absolute atomic E-state index is 11.6. The Kier molecular flexibility index (Phi) is 9.95. The molecule has 0 aromatic carbocycles. The SMILES string of the molecule is O=P(O)(O)OP(=O)(O)OP(=O)(O)OC1(O)[C@H](O)[C@H](O)C(O)[C@H](O)[C@H]1O.[H-].[K+]. The second-order valence-electron chi connectivity index (χ2n) is 4.80. The van der Waals surface area contributed by atoms with Crippen molar-refractivity contribution in [1.82, 2.24) is 0 Å². The molecule has 0 heterocycles. The van der Waals surface area contributed by atoms with E-state index in [1.165, 1.54) is 0 Å². The molecular weight excluding hydrogens is 460 g/mol. The van der Waals surface area contributed by atoms with Crippen LogP contribution < -0.4 is 51.4 Å². The Bertz CT molecular complexity index is 624. The molecule has 152 valence electrons. The van der Waals surface area contributed by atoms with Crippen LogP contribution in [0.3, 0.4) is 0 Å². The monoisotopic (exact) mass is 476 g/mol. The minimum Gasteiger partial charge on any atom is -1.00 e. The molecule has 1 aliphatic rings. The van der Waals surface area contributed by atoms with E-state index in [-0.39, 0.29) is 52.8 Å². The van der Waals surface area contributed by atoms with Crippen LogP contribution in [0.4, 0.5) is 0 Å². The van der Waals surface area contributed by atoms with Crippen LogP contribution in [0.15, 0.2) is 0 Å². The molecule has 1 aliphatic carbocycles. The van der Waals surface area contributed by atoms with E-state index in [2.05, 4.69) is 13.1 Å². The molecule has 1 fully saturated rings. The zero-order valence-electron chi connectivity index (χ0n) is 13.7. The molecular formula is C6H16KO16P3. The van der Waals surface area contributed by atoms with Crippen molar-refractivity contribution in [2.75, 3.05) is 0 Å². The summed E-state index contributed by atoms with van der Waals surface area (Å²) in [6, 6.07) is 0. The van der Waals surface area contributed by atoms with Gasteiger partial charge in [0, 0.05) is 0 Å². The molecule has 0 radical (unpaired) electrons. The molecule has 8 atom stereocenters. The van der Waals surface area contributed by atoms with E-state index in [9.17, 15) is 49.2 Å². The van der Waals surface area contributed by atoms with E-state index < -0.39 is 59.8 Å². The van der Waals surface area contributed by atoms with Gasteiger partial charge in [-0.3, -0.25) is 0 Å². The number of phosphoric acid groups is 3. The van der Waals surface area contributed by atoms with Crippen LogP contribution >= 0.6 is 23.5 Å². The van der Waals surface area contributed by atoms with E-state index in [1.54, 1.807) is 0 Å². The van der Waals surface area contributed by atoms with Gasteiger partial charge in [0.15, 0.2) is 0 Å². The standard InChI is InChI=1S/C6H15O16P3.K.H/c7-1-2(8)4(10)6(12,5(11)3(1)9)20-24(16,17)22-25(18,19)21-23(13,14)15;;/h1-5,7-12H,(H,16,17)(H,18,19)(H2,13,14,15);;/q;+1;-1/t1?,2-,3+,4-,5-,6?;;/m1../s1. The topological polar surface area (TPSA) is 281 Å². The fourth-order valence-electron chi connectivity index (χ4n) is 1.83. The van der Waals surface area contributed by atoms with E-state index in [0.717, 1.165) is 0 Å². The van der Waals surface area contributed by atoms with Gasteiger partial charge in [0.05, 0.1) is 0 Å². The molecule has 0 amide bonds. The van der Waals surface area contributed by atoms with Gasteiger partial charge in [-0.25, -0.2) is 18.2 Å². The fraction of sp³-hybridized carbons (Fsp3) is 1.00. The Morgan fingerprint density at radius 1 is 0.731 bits per heavy atom. The third kappa shape index (κ3) is 6.95. The molecule has 1 saturated carbocycles. The maximum Gasteiger partial charge on any atom is 1.00 e. The molecule has 0 aromatic rings. The number of phosphoric ester groups is 1. The molecule has 0 spiro atoms. The first kappa shape index (κ1) is 27.8. The summed E-state index contributed by atoms with van der Waals surface area (Å²) in [7, 11) is -17.7. The van der Waals surface area contributed by atoms with Crippen molar-refractivity contribution in [3.63, 3.8) is 0 Å². The average Bonchev–Trinajstić information content (AvgIpc) is 2.36. The van der Waals surface area contributed by atoms with Gasteiger partial charge in [-0.1, -0.05) is 0 Å². The number of hydrogen-bond acceptors (Lipinski definition) is 12. The van der Waals surface area contributed by atoms with E-state index in [0.29, 0.717) is 0 Å². The van der Waals surface area contributed by atoms with E-state index in [4.69, 9.17) is 14.7 Å². The van der Waals surface area contributed by atoms with Gasteiger partial charge in [-0.2, -0.15) is 8.62 Å². The van der Waals surface area contributed by atoms with Gasteiger partial charge in [-0.15, -0.1) is 0 Å². The van der Waals surface area contributed by atoms with Crippen LogP contribution in [0.1, 0.15) is 1.43 Å². The maximum atomic E-state index is 11.6. The zero-order valence-corrected chi connectivity index (χ0v) is 18.5. The number of rotatable bonds is 6. The zero-order chi connectivity index (χ0) is 20.0. The van der Waals surface area contributed by atoms with Crippen molar-refractivity contribution in [3.8, 4) is 0 Å². The van der Waals surface area contributed by atoms with Crippen LogP contribution in [0.25, 0.3) is 0 Å². The van der Waals surface area contributed by atoms with Crippen molar-refractivity contribution in [2.24, 2.45) is 0 Å². The molecule has 1 rings (SSSR count). The first-order valence-electron chi connectivity index (χ1n) is 5.89. The molecule has 10 N–H and O–H groups in total. The smallest absolute Gasteiger partial charge is 1.00 e. The van der Waals surface area contributed by atoms with Crippen LogP contribution in [-0.4, -0.2) is 86.5 Å². The van der Waals surface area contributed by atoms with Crippen molar-refractivity contribution >= 4 is 23.5 Å². The Morgan fingerprint density at radius 3 is 1.46 bits per heavy atom. The summed E-state index contributed by atoms with van der Waals surface area (Å²) < 4.78 is 43.8. The summed E-state index contributed by atoms with van der Waals surface area (Å²) >= 11 is 0. The van der Waals surface area contributed by atoms with Gasteiger partial charge >= 0.3 is 74.9 Å². The van der Waals surface area contributed by atoms with Crippen LogP contribution in [0.5, 0.6) is 0 Å². The quantitative estimate of drug-likeness (QED) is 0.0968. The Morgan fingerprint density at radius 2 is 1.12 bits per heavy atom. The molecule has 4 unspecified atom stereocenters. The summed E-state index contributed by atoms with van der Waals surface area (Å²) in [6.07, 6.45) is -12.6. The molecule has 0 saturated heterocycles. The largest absolute Gasteiger partial charge is 1.00 e. The van der Waals surface area contributed by atoms with Crippen molar-refractivity contribution in [1.29, 1.82) is 0 Å². The Hall–Kier alpha value is 1.81. The molecule has 0 aromatic heterocycles. The predicted molar refractivity (Wildman–Crippen MR) is 71.0 cm³/mol. The second-order valence-corrected chi connectivity index (χ2v) is 9.14. The van der Waals surface area contributed by atoms with Gasteiger partial charge in [0.25, 0.3) is 0 Å². The summed E-state index contributed by atoms with van der Waals surface area (Å²) in [5.74, 6) is -3.72. The van der Waals surface area contributed by atoms with Crippen molar-refractivity contribution in [2.45, 2.75) is 36.3 Å². The van der Waals surface area contributed by atoms with Gasteiger partial charge in [-0.05, 0) is 0 Å².